The second-order valence-electron chi connectivity index (χ2n) is 10.7. The van der Waals surface area contributed by atoms with Gasteiger partial charge in [0.25, 0.3) is 0 Å². The molecule has 0 aliphatic rings. The Labute approximate surface area is 191 Å². The molecule has 0 rings (SSSR count). The Bertz CT molecular complexity index is 510. The molecule has 0 aliphatic carbocycles. The number of hydrogen-bond donors (Lipinski definition) is 0. The standard InChI is InChI=1S/2C11H20O2.Mo.2O/c2*1-10(2,3)8(12)7-9(13)11(4,5)6;;;/h2*7,12H,1-6H3;;;/q;;;2*-2/p-2/b2*8-7-;;;. The van der Waals surface area contributed by atoms with Crippen LogP contribution in [0.5, 0.6) is 0 Å². The Hall–Kier alpha value is -0.972. The Morgan fingerprint density at radius 3 is 0.793 bits per heavy atom. The van der Waals surface area contributed by atoms with Crippen molar-refractivity contribution >= 4 is 11.6 Å². The van der Waals surface area contributed by atoms with E-state index in [4.69, 9.17) is 0 Å². The predicted octanol–water partition coefficient (Wildman–Crippen LogP) is 3.54. The molecule has 0 amide bonds. The number of carbonyl (C=O) groups excluding carboxylic acids is 2. The Morgan fingerprint density at radius 1 is 0.517 bits per heavy atom. The maximum atomic E-state index is 11.4. The Balaban J connectivity index is -0.000000120. The molecule has 174 valence electrons. The van der Waals surface area contributed by atoms with E-state index in [1.165, 1.54) is 12.2 Å². The van der Waals surface area contributed by atoms with Gasteiger partial charge in [-0.2, -0.15) is 0 Å². The van der Waals surface area contributed by atoms with Crippen molar-refractivity contribution in [2.24, 2.45) is 21.7 Å². The minimum atomic E-state index is -0.457. The molecule has 7 heteroatoms. The average molecular weight is 494 g/mol. The summed E-state index contributed by atoms with van der Waals surface area (Å²) in [6, 6.07) is 0. The van der Waals surface area contributed by atoms with E-state index in [0.717, 1.165) is 0 Å². The Morgan fingerprint density at radius 2 is 0.690 bits per heavy atom. The van der Waals surface area contributed by atoms with Crippen molar-refractivity contribution in [1.82, 2.24) is 0 Å². The number of hydrogen-bond acceptors (Lipinski definition) is 4. The van der Waals surface area contributed by atoms with Gasteiger partial charge in [0.2, 0.25) is 0 Å². The first-order valence-electron chi connectivity index (χ1n) is 8.97. The number of rotatable bonds is 2. The molecule has 29 heavy (non-hydrogen) atoms. The molecule has 6 nitrogen and oxygen atoms in total. The van der Waals surface area contributed by atoms with Crippen LogP contribution in [0.4, 0.5) is 0 Å². The van der Waals surface area contributed by atoms with Gasteiger partial charge in [-0.15, -0.1) is 11.5 Å². The van der Waals surface area contributed by atoms with Crippen LogP contribution in [0.3, 0.4) is 0 Å². The normalized spacial score (nSPS) is 13.0. The predicted molar refractivity (Wildman–Crippen MR) is 105 cm³/mol. The third-order valence-corrected chi connectivity index (χ3v) is 3.48. The van der Waals surface area contributed by atoms with Gasteiger partial charge in [0, 0.05) is 31.9 Å². The van der Waals surface area contributed by atoms with Crippen LogP contribution in [0.15, 0.2) is 23.7 Å². The minimum absolute atomic E-state index is 0. The van der Waals surface area contributed by atoms with Crippen LogP contribution in [-0.4, -0.2) is 11.6 Å². The zero-order chi connectivity index (χ0) is 21.7. The molecule has 0 aliphatic heterocycles. The minimum Gasteiger partial charge on any atom is -2.00 e. The molecule has 0 bridgehead atoms. The molecule has 0 heterocycles. The fourth-order valence-electron chi connectivity index (χ4n) is 1.10. The maximum absolute atomic E-state index is 11.4. The molecule has 0 atom stereocenters. The quantitative estimate of drug-likeness (QED) is 0.329. The first-order valence-corrected chi connectivity index (χ1v) is 8.97. The molecule has 0 aromatic heterocycles. The van der Waals surface area contributed by atoms with Gasteiger partial charge in [-0.25, -0.2) is 0 Å². The first kappa shape index (κ1) is 38.6. The van der Waals surface area contributed by atoms with Gasteiger partial charge in [0.1, 0.15) is 0 Å². The topological polar surface area (TPSA) is 137 Å². The Kier molecular flexibility index (Phi) is 17.8. The van der Waals surface area contributed by atoms with Crippen molar-refractivity contribution in [2.75, 3.05) is 0 Å². The number of allylic oxidation sites excluding steroid dienone is 4. The van der Waals surface area contributed by atoms with Crippen LogP contribution in [0.1, 0.15) is 83.1 Å². The maximum Gasteiger partial charge on any atom is 0.160 e. The number of carbonyl (C=O) groups is 2. The van der Waals surface area contributed by atoms with Crippen molar-refractivity contribution in [1.29, 1.82) is 0 Å². The smallest absolute Gasteiger partial charge is 0.160 e. The van der Waals surface area contributed by atoms with Crippen molar-refractivity contribution < 1.29 is 51.8 Å². The summed E-state index contributed by atoms with van der Waals surface area (Å²) >= 11 is 0. The molecule has 0 spiro atoms. The summed E-state index contributed by atoms with van der Waals surface area (Å²) in [5, 5.41) is 22.9. The van der Waals surface area contributed by atoms with Crippen LogP contribution >= 0.6 is 0 Å². The van der Waals surface area contributed by atoms with Crippen molar-refractivity contribution in [3.63, 3.8) is 0 Å². The molecule has 0 aromatic rings. The third kappa shape index (κ3) is 17.6. The van der Waals surface area contributed by atoms with E-state index < -0.39 is 21.7 Å². The van der Waals surface area contributed by atoms with Crippen LogP contribution in [0.25, 0.3) is 0 Å². The summed E-state index contributed by atoms with van der Waals surface area (Å²) in [5.74, 6) is -0.417. The van der Waals surface area contributed by atoms with E-state index in [2.05, 4.69) is 0 Å². The van der Waals surface area contributed by atoms with E-state index in [0.29, 0.717) is 0 Å². The van der Waals surface area contributed by atoms with Gasteiger partial charge in [-0.3, -0.25) is 9.59 Å². The van der Waals surface area contributed by atoms with Gasteiger partial charge in [0.15, 0.2) is 11.6 Å². The van der Waals surface area contributed by atoms with Gasteiger partial charge in [0.05, 0.1) is 0 Å². The van der Waals surface area contributed by atoms with Gasteiger partial charge in [-0.05, 0) is 23.0 Å². The van der Waals surface area contributed by atoms with Gasteiger partial charge >= 0.3 is 0 Å². The van der Waals surface area contributed by atoms with Crippen molar-refractivity contribution in [2.45, 2.75) is 83.1 Å². The van der Waals surface area contributed by atoms with E-state index in [1.54, 1.807) is 0 Å². The van der Waals surface area contributed by atoms with E-state index in [1.807, 2.05) is 83.1 Å². The average Bonchev–Trinajstić information content (AvgIpc) is 2.34. The summed E-state index contributed by atoms with van der Waals surface area (Å²) in [6.45, 7) is 21.7. The van der Waals surface area contributed by atoms with Gasteiger partial charge < -0.3 is 21.2 Å². The third-order valence-electron chi connectivity index (χ3n) is 3.48. The fraction of sp³-hybridized carbons (Fsp3) is 0.727. The summed E-state index contributed by atoms with van der Waals surface area (Å²) in [7, 11) is 0. The molecular weight excluding hydrogens is 456 g/mol. The largest absolute Gasteiger partial charge is 2.00 e. The van der Waals surface area contributed by atoms with Crippen LogP contribution in [-0.2, 0) is 41.6 Å². The van der Waals surface area contributed by atoms with E-state index in [-0.39, 0.29) is 55.1 Å². The van der Waals surface area contributed by atoms with Crippen LogP contribution in [0.2, 0.25) is 0 Å². The van der Waals surface area contributed by atoms with E-state index >= 15 is 0 Å². The zero-order valence-corrected chi connectivity index (χ0v) is 22.0. The van der Waals surface area contributed by atoms with Crippen molar-refractivity contribution in [3.8, 4) is 0 Å². The summed E-state index contributed by atoms with van der Waals surface area (Å²) < 4.78 is 0. The second-order valence-corrected chi connectivity index (χ2v) is 10.7. The molecule has 0 fully saturated rings. The molecule has 0 saturated heterocycles. The SMILES string of the molecule is CC(C)(C)C(=O)/C=C(\[O-])C(C)(C)C.CC(C)(C)C(=O)/C=C(\[O-])C(C)(C)C.[Mo].[O-2].[O-2]. The monoisotopic (exact) mass is 496 g/mol. The number of ketones is 2. The molecular formula is C22H38MoO6-6. The van der Waals surface area contributed by atoms with Crippen LogP contribution < -0.4 is 10.2 Å². The fourth-order valence-corrected chi connectivity index (χ4v) is 1.10. The van der Waals surface area contributed by atoms with Crippen LogP contribution in [0, 0.1) is 21.7 Å². The first-order chi connectivity index (χ1) is 11.1. The second kappa shape index (κ2) is 13.4. The molecule has 0 aromatic carbocycles. The van der Waals surface area contributed by atoms with Gasteiger partial charge in [-0.1, -0.05) is 83.1 Å². The van der Waals surface area contributed by atoms with E-state index in [9.17, 15) is 19.8 Å². The molecule has 0 N–H and O–H groups in total. The molecule has 0 unspecified atom stereocenters. The molecule has 0 saturated carbocycles. The molecule has 0 radical (unpaired) electrons. The summed E-state index contributed by atoms with van der Waals surface area (Å²) in [6.07, 6.45) is 2.44. The van der Waals surface area contributed by atoms with Crippen molar-refractivity contribution in [3.05, 3.63) is 23.7 Å². The summed E-state index contributed by atoms with van der Waals surface area (Å²) in [4.78, 5) is 22.9. The zero-order valence-electron chi connectivity index (χ0n) is 20.0. The summed E-state index contributed by atoms with van der Waals surface area (Å²) in [5.41, 5.74) is -1.83.